The zero-order chi connectivity index (χ0) is 17.2. The van der Waals surface area contributed by atoms with Gasteiger partial charge in [0.25, 0.3) is 0 Å². The number of benzene rings is 2. The number of amides is 1. The van der Waals surface area contributed by atoms with E-state index >= 15 is 0 Å². The molecule has 5 nitrogen and oxygen atoms in total. The summed E-state index contributed by atoms with van der Waals surface area (Å²) in [6, 6.07) is 17.1. The molecular formula is C20H19N3O2. The molecule has 0 spiro atoms. The molecule has 126 valence electrons. The summed E-state index contributed by atoms with van der Waals surface area (Å²) in [7, 11) is 0. The Morgan fingerprint density at radius 1 is 1.16 bits per heavy atom. The largest absolute Gasteiger partial charge is 0.390 e. The number of carbonyl (C=O) groups excluding carboxylic acids is 1. The molecule has 3 aromatic rings. The van der Waals surface area contributed by atoms with Crippen molar-refractivity contribution in [2.45, 2.75) is 25.0 Å². The standard InChI is InChI=1S/C20H19N3O2/c24-18-13-15-4-1-2-5-17(15)20(18)22-19(25)12-14-6-8-16(9-7-14)23-11-3-10-21-23/h1-11,18,20,24H,12-13H2,(H,22,25)/t18-,20+/m1/s1. The number of carbonyl (C=O) groups is 1. The lowest BCUT2D eigenvalue weighted by Crippen LogP contribution is -2.34. The second kappa shape index (κ2) is 6.53. The Morgan fingerprint density at radius 2 is 1.96 bits per heavy atom. The van der Waals surface area contributed by atoms with E-state index < -0.39 is 6.10 Å². The van der Waals surface area contributed by atoms with Gasteiger partial charge in [-0.3, -0.25) is 4.79 Å². The van der Waals surface area contributed by atoms with Gasteiger partial charge in [-0.1, -0.05) is 36.4 Å². The van der Waals surface area contributed by atoms with Crippen LogP contribution in [0.4, 0.5) is 0 Å². The molecule has 1 heterocycles. The monoisotopic (exact) mass is 333 g/mol. The van der Waals surface area contributed by atoms with Crippen molar-refractivity contribution in [2.75, 3.05) is 0 Å². The summed E-state index contributed by atoms with van der Waals surface area (Å²) >= 11 is 0. The number of aliphatic hydroxyl groups excluding tert-OH is 1. The second-order valence-corrected chi connectivity index (χ2v) is 6.31. The van der Waals surface area contributed by atoms with Crippen LogP contribution in [0.3, 0.4) is 0 Å². The molecule has 2 N–H and O–H groups in total. The summed E-state index contributed by atoms with van der Waals surface area (Å²) in [5, 5.41) is 17.4. The van der Waals surface area contributed by atoms with Gasteiger partial charge in [-0.2, -0.15) is 5.10 Å². The lowest BCUT2D eigenvalue weighted by atomic mass is 10.1. The fourth-order valence-electron chi connectivity index (χ4n) is 3.35. The van der Waals surface area contributed by atoms with Crippen molar-refractivity contribution in [3.8, 4) is 5.69 Å². The maximum Gasteiger partial charge on any atom is 0.224 e. The molecule has 1 amide bonds. The molecule has 0 aliphatic heterocycles. The van der Waals surface area contributed by atoms with Gasteiger partial charge in [0.05, 0.1) is 24.3 Å². The molecule has 1 aliphatic carbocycles. The molecule has 4 rings (SSSR count). The minimum absolute atomic E-state index is 0.0902. The number of aliphatic hydroxyl groups is 1. The lowest BCUT2D eigenvalue weighted by molar-refractivity contribution is -0.121. The Kier molecular flexibility index (Phi) is 4.07. The summed E-state index contributed by atoms with van der Waals surface area (Å²) < 4.78 is 1.77. The van der Waals surface area contributed by atoms with Crippen molar-refractivity contribution in [1.82, 2.24) is 15.1 Å². The first kappa shape index (κ1) is 15.6. The highest BCUT2D eigenvalue weighted by Crippen LogP contribution is 2.31. The number of aromatic nitrogens is 2. The summed E-state index contributed by atoms with van der Waals surface area (Å²) in [4.78, 5) is 12.4. The molecule has 2 atom stereocenters. The van der Waals surface area contributed by atoms with Crippen molar-refractivity contribution >= 4 is 5.91 Å². The molecule has 0 saturated heterocycles. The van der Waals surface area contributed by atoms with E-state index in [9.17, 15) is 9.90 Å². The van der Waals surface area contributed by atoms with Crippen molar-refractivity contribution in [3.63, 3.8) is 0 Å². The van der Waals surface area contributed by atoms with Gasteiger partial charge in [-0.05, 0) is 34.9 Å². The molecule has 25 heavy (non-hydrogen) atoms. The van der Waals surface area contributed by atoms with Crippen molar-refractivity contribution < 1.29 is 9.90 Å². The average Bonchev–Trinajstić information content (AvgIpc) is 3.25. The molecule has 5 heteroatoms. The van der Waals surface area contributed by atoms with Crippen LogP contribution in [0.15, 0.2) is 67.0 Å². The number of rotatable bonds is 4. The highest BCUT2D eigenvalue weighted by atomic mass is 16.3. The minimum atomic E-state index is -0.566. The highest BCUT2D eigenvalue weighted by Gasteiger charge is 2.31. The summed E-state index contributed by atoms with van der Waals surface area (Å²) in [6.45, 7) is 0. The predicted molar refractivity (Wildman–Crippen MR) is 94.3 cm³/mol. The van der Waals surface area contributed by atoms with Gasteiger partial charge in [0.15, 0.2) is 0 Å². The van der Waals surface area contributed by atoms with Crippen LogP contribution in [0.1, 0.15) is 22.7 Å². The first-order chi connectivity index (χ1) is 12.2. The van der Waals surface area contributed by atoms with E-state index in [2.05, 4.69) is 10.4 Å². The van der Waals surface area contributed by atoms with Gasteiger partial charge in [0.1, 0.15) is 0 Å². The Bertz CT molecular complexity index is 872. The average molecular weight is 333 g/mol. The van der Waals surface area contributed by atoms with E-state index in [1.54, 1.807) is 10.9 Å². The third kappa shape index (κ3) is 3.19. The zero-order valence-corrected chi connectivity index (χ0v) is 13.7. The molecule has 0 bridgehead atoms. The Morgan fingerprint density at radius 3 is 2.72 bits per heavy atom. The number of hydrogen-bond donors (Lipinski definition) is 2. The number of nitrogens with one attached hydrogen (secondary N) is 1. The van der Waals surface area contributed by atoms with Gasteiger partial charge in [0, 0.05) is 18.8 Å². The molecule has 2 aromatic carbocycles. The SMILES string of the molecule is O=C(Cc1ccc(-n2cccn2)cc1)N[C@H]1c2ccccc2C[C@H]1O. The topological polar surface area (TPSA) is 67.2 Å². The molecular weight excluding hydrogens is 314 g/mol. The zero-order valence-electron chi connectivity index (χ0n) is 13.7. The van der Waals surface area contributed by atoms with Crippen molar-refractivity contribution in [2.24, 2.45) is 0 Å². The number of fused-ring (bicyclic) bond motifs is 1. The Labute approximate surface area is 145 Å². The maximum absolute atomic E-state index is 12.4. The van der Waals surface area contributed by atoms with Crippen LogP contribution in [0.5, 0.6) is 0 Å². The van der Waals surface area contributed by atoms with E-state index in [1.165, 1.54) is 0 Å². The normalized spacial score (nSPS) is 18.8. The number of nitrogens with zero attached hydrogens (tertiary/aromatic N) is 2. The first-order valence-electron chi connectivity index (χ1n) is 8.35. The van der Waals surface area contributed by atoms with Crippen LogP contribution < -0.4 is 5.32 Å². The highest BCUT2D eigenvalue weighted by molar-refractivity contribution is 5.79. The van der Waals surface area contributed by atoms with Crippen LogP contribution in [0.2, 0.25) is 0 Å². The van der Waals surface area contributed by atoms with E-state index in [4.69, 9.17) is 0 Å². The van der Waals surface area contributed by atoms with Crippen LogP contribution in [0.25, 0.3) is 5.69 Å². The fourth-order valence-corrected chi connectivity index (χ4v) is 3.35. The summed E-state index contributed by atoms with van der Waals surface area (Å²) in [6.07, 6.45) is 3.90. The fraction of sp³-hybridized carbons (Fsp3) is 0.200. The summed E-state index contributed by atoms with van der Waals surface area (Å²) in [5.41, 5.74) is 3.99. The van der Waals surface area contributed by atoms with Crippen LogP contribution >= 0.6 is 0 Å². The molecule has 1 aliphatic rings. The van der Waals surface area contributed by atoms with Crippen LogP contribution in [0, 0.1) is 0 Å². The maximum atomic E-state index is 12.4. The molecule has 0 fully saturated rings. The van der Waals surface area contributed by atoms with Crippen LogP contribution in [-0.2, 0) is 17.6 Å². The van der Waals surface area contributed by atoms with E-state index in [1.807, 2.05) is 60.8 Å². The minimum Gasteiger partial charge on any atom is -0.390 e. The smallest absolute Gasteiger partial charge is 0.224 e. The molecule has 0 saturated carbocycles. The van der Waals surface area contributed by atoms with Crippen molar-refractivity contribution in [1.29, 1.82) is 0 Å². The van der Waals surface area contributed by atoms with Gasteiger partial charge < -0.3 is 10.4 Å². The third-order valence-electron chi connectivity index (χ3n) is 4.59. The van der Waals surface area contributed by atoms with E-state index in [0.29, 0.717) is 6.42 Å². The Balaban J connectivity index is 1.42. The third-order valence-corrected chi connectivity index (χ3v) is 4.59. The lowest BCUT2D eigenvalue weighted by Gasteiger charge is -2.18. The summed E-state index contributed by atoms with van der Waals surface area (Å²) in [5.74, 6) is -0.0902. The van der Waals surface area contributed by atoms with E-state index in [-0.39, 0.29) is 18.4 Å². The van der Waals surface area contributed by atoms with E-state index in [0.717, 1.165) is 22.4 Å². The number of hydrogen-bond acceptors (Lipinski definition) is 3. The molecule has 1 aromatic heterocycles. The van der Waals surface area contributed by atoms with Gasteiger partial charge >= 0.3 is 0 Å². The second-order valence-electron chi connectivity index (χ2n) is 6.31. The van der Waals surface area contributed by atoms with Gasteiger partial charge in [-0.15, -0.1) is 0 Å². The van der Waals surface area contributed by atoms with Crippen LogP contribution in [-0.4, -0.2) is 26.9 Å². The molecule has 0 unspecified atom stereocenters. The quantitative estimate of drug-likeness (QED) is 0.769. The first-order valence-corrected chi connectivity index (χ1v) is 8.35. The van der Waals surface area contributed by atoms with Gasteiger partial charge in [0.2, 0.25) is 5.91 Å². The Hall–Kier alpha value is -2.92. The van der Waals surface area contributed by atoms with Gasteiger partial charge in [-0.25, -0.2) is 4.68 Å². The van der Waals surface area contributed by atoms with Crippen molar-refractivity contribution in [3.05, 3.63) is 83.7 Å². The molecule has 0 radical (unpaired) electrons. The predicted octanol–water partition coefficient (Wildman–Crippen LogP) is 2.19.